The predicted molar refractivity (Wildman–Crippen MR) is 73.1 cm³/mol. The van der Waals surface area contributed by atoms with E-state index in [2.05, 4.69) is 0 Å². The first kappa shape index (κ1) is 14.0. The van der Waals surface area contributed by atoms with Gasteiger partial charge in [0.2, 0.25) is 0 Å². The van der Waals surface area contributed by atoms with Crippen molar-refractivity contribution in [2.45, 2.75) is 0 Å². The van der Waals surface area contributed by atoms with Crippen LogP contribution in [0.25, 0.3) is 6.08 Å². The van der Waals surface area contributed by atoms with Gasteiger partial charge in [0.25, 0.3) is 11.1 Å². The topological polar surface area (TPSA) is 63.4 Å². The van der Waals surface area contributed by atoms with Gasteiger partial charge in [0, 0.05) is 13.1 Å². The first-order valence-corrected chi connectivity index (χ1v) is 6.63. The second kappa shape index (κ2) is 5.73. The minimum absolute atomic E-state index is 0.180. The lowest BCUT2D eigenvalue weighted by Crippen LogP contribution is -2.33. The number of benzene rings is 1. The summed E-state index contributed by atoms with van der Waals surface area (Å²) in [5, 5.41) is -0.175. The number of carbonyl (C=O) groups excluding carboxylic acids is 2. The average molecular weight is 301 g/mol. The van der Waals surface area contributed by atoms with E-state index in [4.69, 9.17) is 17.3 Å². The van der Waals surface area contributed by atoms with Crippen LogP contribution in [0.2, 0.25) is 5.02 Å². The van der Waals surface area contributed by atoms with Gasteiger partial charge in [-0.05, 0) is 35.5 Å². The Bertz CT molecular complexity index is 577. The molecule has 1 aliphatic heterocycles. The van der Waals surface area contributed by atoms with E-state index >= 15 is 0 Å². The highest BCUT2D eigenvalue weighted by molar-refractivity contribution is 8.18. The average Bonchev–Trinajstić information content (AvgIpc) is 2.61. The van der Waals surface area contributed by atoms with Crippen molar-refractivity contribution in [3.8, 4) is 0 Å². The molecule has 1 heterocycles. The Labute approximate surface area is 118 Å². The number of halogens is 2. The van der Waals surface area contributed by atoms with Gasteiger partial charge >= 0.3 is 0 Å². The second-order valence-electron chi connectivity index (χ2n) is 3.79. The summed E-state index contributed by atoms with van der Waals surface area (Å²) in [5.41, 5.74) is 5.82. The summed E-state index contributed by atoms with van der Waals surface area (Å²) in [5.74, 6) is -0.862. The Hall–Kier alpha value is -1.37. The smallest absolute Gasteiger partial charge is 0.293 e. The Morgan fingerprint density at radius 1 is 1.42 bits per heavy atom. The van der Waals surface area contributed by atoms with Crippen molar-refractivity contribution in [1.29, 1.82) is 0 Å². The normalized spacial score (nSPS) is 17.6. The van der Waals surface area contributed by atoms with Gasteiger partial charge in [0.1, 0.15) is 5.82 Å². The van der Waals surface area contributed by atoms with Crippen LogP contribution < -0.4 is 5.73 Å². The molecule has 7 heteroatoms. The van der Waals surface area contributed by atoms with Crippen molar-refractivity contribution in [3.05, 3.63) is 39.5 Å². The lowest BCUT2D eigenvalue weighted by atomic mass is 10.2. The molecule has 0 aliphatic carbocycles. The van der Waals surface area contributed by atoms with Gasteiger partial charge in [-0.25, -0.2) is 4.39 Å². The summed E-state index contributed by atoms with van der Waals surface area (Å²) in [6.07, 6.45) is 1.48. The molecule has 1 saturated heterocycles. The molecule has 2 amide bonds. The third-order valence-corrected chi connectivity index (χ3v) is 3.71. The van der Waals surface area contributed by atoms with Gasteiger partial charge in [0.05, 0.1) is 9.93 Å². The first-order valence-electron chi connectivity index (χ1n) is 5.43. The number of imide groups is 1. The Balaban J connectivity index is 2.30. The molecule has 4 nitrogen and oxygen atoms in total. The molecule has 19 heavy (non-hydrogen) atoms. The summed E-state index contributed by atoms with van der Waals surface area (Å²) < 4.78 is 12.9. The number of rotatable bonds is 3. The third-order valence-electron chi connectivity index (χ3n) is 2.48. The maximum Gasteiger partial charge on any atom is 0.293 e. The Morgan fingerprint density at radius 3 is 2.79 bits per heavy atom. The minimum atomic E-state index is -0.460. The van der Waals surface area contributed by atoms with Gasteiger partial charge < -0.3 is 5.73 Å². The summed E-state index contributed by atoms with van der Waals surface area (Å²) in [4.78, 5) is 24.9. The van der Waals surface area contributed by atoms with E-state index in [1.807, 2.05) is 0 Å². The van der Waals surface area contributed by atoms with Crippen molar-refractivity contribution in [2.24, 2.45) is 5.73 Å². The van der Waals surface area contributed by atoms with E-state index in [9.17, 15) is 14.0 Å². The summed E-state index contributed by atoms with van der Waals surface area (Å²) >= 11 is 6.69. The minimum Gasteiger partial charge on any atom is -0.329 e. The molecule has 0 atom stereocenters. The zero-order valence-electron chi connectivity index (χ0n) is 9.73. The SMILES string of the molecule is NCCN1C(=O)S/C(=C\c2ccc(F)cc2Cl)C1=O. The molecule has 0 aromatic heterocycles. The van der Waals surface area contributed by atoms with Crippen molar-refractivity contribution in [1.82, 2.24) is 4.90 Å². The molecule has 2 rings (SSSR count). The van der Waals surface area contributed by atoms with Crippen LogP contribution in [0.5, 0.6) is 0 Å². The lowest BCUT2D eigenvalue weighted by molar-refractivity contribution is -0.122. The number of nitrogens with two attached hydrogens (primary N) is 1. The van der Waals surface area contributed by atoms with Gasteiger partial charge in [-0.15, -0.1) is 0 Å². The highest BCUT2D eigenvalue weighted by Gasteiger charge is 2.34. The standard InChI is InChI=1S/C12H10ClFN2O2S/c13-9-6-8(14)2-1-7(9)5-10-11(17)16(4-3-15)12(18)19-10/h1-2,5-6H,3-4,15H2/b10-5-. The fourth-order valence-corrected chi connectivity index (χ4v) is 2.66. The fraction of sp³-hybridized carbons (Fsp3) is 0.167. The second-order valence-corrected chi connectivity index (χ2v) is 5.19. The van der Waals surface area contributed by atoms with Crippen LogP contribution in [0.3, 0.4) is 0 Å². The van der Waals surface area contributed by atoms with Crippen LogP contribution in [0.1, 0.15) is 5.56 Å². The molecule has 0 radical (unpaired) electrons. The van der Waals surface area contributed by atoms with Crippen molar-refractivity contribution >= 4 is 40.6 Å². The van der Waals surface area contributed by atoms with Crippen LogP contribution in [0.4, 0.5) is 9.18 Å². The van der Waals surface area contributed by atoms with E-state index in [1.54, 1.807) is 0 Å². The van der Waals surface area contributed by atoms with Gasteiger partial charge in [-0.2, -0.15) is 0 Å². The monoisotopic (exact) mass is 300 g/mol. The van der Waals surface area contributed by atoms with Crippen molar-refractivity contribution in [2.75, 3.05) is 13.1 Å². The Morgan fingerprint density at radius 2 is 2.16 bits per heavy atom. The molecule has 0 saturated carbocycles. The van der Waals surface area contributed by atoms with E-state index in [0.29, 0.717) is 5.56 Å². The maximum atomic E-state index is 12.9. The van der Waals surface area contributed by atoms with E-state index in [-0.39, 0.29) is 28.3 Å². The molecule has 1 aromatic carbocycles. The molecule has 0 unspecified atom stereocenters. The molecule has 1 aromatic rings. The van der Waals surface area contributed by atoms with Crippen LogP contribution in [-0.4, -0.2) is 29.1 Å². The van der Waals surface area contributed by atoms with E-state index in [0.717, 1.165) is 22.7 Å². The van der Waals surface area contributed by atoms with Gasteiger partial charge in [0.15, 0.2) is 0 Å². The molecule has 100 valence electrons. The number of hydrogen-bond donors (Lipinski definition) is 1. The number of carbonyl (C=O) groups is 2. The predicted octanol–water partition coefficient (Wildman–Crippen LogP) is 2.47. The van der Waals surface area contributed by atoms with Crippen LogP contribution in [-0.2, 0) is 4.79 Å². The lowest BCUT2D eigenvalue weighted by Gasteiger charge is -2.09. The maximum absolute atomic E-state index is 12.9. The Kier molecular flexibility index (Phi) is 4.24. The molecule has 0 bridgehead atoms. The number of nitrogens with zero attached hydrogens (tertiary/aromatic N) is 1. The molecule has 2 N–H and O–H groups in total. The molecule has 1 fully saturated rings. The molecular formula is C12H10ClFN2O2S. The quantitative estimate of drug-likeness (QED) is 0.871. The van der Waals surface area contributed by atoms with E-state index < -0.39 is 11.7 Å². The highest BCUT2D eigenvalue weighted by atomic mass is 35.5. The summed E-state index contributed by atoms with van der Waals surface area (Å²) in [6.45, 7) is 0.391. The highest BCUT2D eigenvalue weighted by Crippen LogP contribution is 2.33. The van der Waals surface area contributed by atoms with Gasteiger partial charge in [-0.1, -0.05) is 17.7 Å². The summed E-state index contributed by atoms with van der Waals surface area (Å²) in [7, 11) is 0. The van der Waals surface area contributed by atoms with Crippen LogP contribution in [0, 0.1) is 5.82 Å². The molecule has 0 spiro atoms. The molecular weight excluding hydrogens is 291 g/mol. The number of thioether (sulfide) groups is 1. The van der Waals surface area contributed by atoms with Crippen molar-refractivity contribution < 1.29 is 14.0 Å². The van der Waals surface area contributed by atoms with Gasteiger partial charge in [-0.3, -0.25) is 14.5 Å². The van der Waals surface area contributed by atoms with Crippen LogP contribution >= 0.6 is 23.4 Å². The van der Waals surface area contributed by atoms with Crippen LogP contribution in [0.15, 0.2) is 23.1 Å². The third kappa shape index (κ3) is 2.97. The number of amides is 2. The largest absolute Gasteiger partial charge is 0.329 e. The number of hydrogen-bond acceptors (Lipinski definition) is 4. The first-order chi connectivity index (χ1) is 9.02. The fourth-order valence-electron chi connectivity index (χ4n) is 1.58. The molecule has 1 aliphatic rings. The zero-order chi connectivity index (χ0) is 14.0. The van der Waals surface area contributed by atoms with Crippen molar-refractivity contribution in [3.63, 3.8) is 0 Å². The summed E-state index contributed by atoms with van der Waals surface area (Å²) in [6, 6.07) is 3.84. The zero-order valence-corrected chi connectivity index (χ0v) is 11.3. The van der Waals surface area contributed by atoms with E-state index in [1.165, 1.54) is 18.2 Å².